The zero-order valence-corrected chi connectivity index (χ0v) is 10.6. The van der Waals surface area contributed by atoms with Crippen LogP contribution in [0.15, 0.2) is 36.5 Å². The molecule has 1 aromatic heterocycles. The molecule has 0 fully saturated rings. The van der Waals surface area contributed by atoms with Gasteiger partial charge in [0.2, 0.25) is 0 Å². The van der Waals surface area contributed by atoms with Crippen molar-refractivity contribution in [2.75, 3.05) is 7.11 Å². The van der Waals surface area contributed by atoms with Crippen molar-refractivity contribution in [2.24, 2.45) is 0 Å². The van der Waals surface area contributed by atoms with Gasteiger partial charge in [0, 0.05) is 6.07 Å². The standard InChI is InChI=1S/C14H13NO4/c1-9-3-5-10(6-4-9)19-13-8-15-11(14(16)17)7-12(13)18-2/h3-8H,1-2H3,(H,16,17). The molecule has 0 amide bonds. The maximum Gasteiger partial charge on any atom is 0.354 e. The Hall–Kier alpha value is -2.56. The lowest BCUT2D eigenvalue weighted by atomic mass is 10.2. The molecule has 2 rings (SSSR count). The number of hydrogen-bond donors (Lipinski definition) is 1. The summed E-state index contributed by atoms with van der Waals surface area (Å²) in [6.07, 6.45) is 1.34. The second kappa shape index (κ2) is 5.39. The number of ether oxygens (including phenoxy) is 2. The van der Waals surface area contributed by atoms with Crippen LogP contribution in [0.2, 0.25) is 0 Å². The molecule has 1 N–H and O–H groups in total. The van der Waals surface area contributed by atoms with Gasteiger partial charge in [-0.2, -0.15) is 0 Å². The fraction of sp³-hybridized carbons (Fsp3) is 0.143. The van der Waals surface area contributed by atoms with Crippen LogP contribution in [-0.2, 0) is 0 Å². The van der Waals surface area contributed by atoms with Crippen LogP contribution in [0.5, 0.6) is 17.2 Å². The lowest BCUT2D eigenvalue weighted by Gasteiger charge is -2.10. The van der Waals surface area contributed by atoms with E-state index in [0.29, 0.717) is 17.2 Å². The molecule has 0 aliphatic carbocycles. The van der Waals surface area contributed by atoms with Crippen molar-refractivity contribution in [1.29, 1.82) is 0 Å². The molecular formula is C14H13NO4. The van der Waals surface area contributed by atoms with Crippen LogP contribution in [0.1, 0.15) is 16.1 Å². The number of hydrogen-bond acceptors (Lipinski definition) is 4. The van der Waals surface area contributed by atoms with Crippen LogP contribution < -0.4 is 9.47 Å². The molecule has 0 atom stereocenters. The molecule has 5 heteroatoms. The molecular weight excluding hydrogens is 246 g/mol. The number of methoxy groups -OCH3 is 1. The van der Waals surface area contributed by atoms with Gasteiger partial charge in [0.1, 0.15) is 5.75 Å². The van der Waals surface area contributed by atoms with E-state index in [1.54, 1.807) is 0 Å². The monoisotopic (exact) mass is 259 g/mol. The SMILES string of the molecule is COc1cc(C(=O)O)ncc1Oc1ccc(C)cc1. The molecule has 0 aliphatic rings. The molecule has 0 saturated carbocycles. The lowest BCUT2D eigenvalue weighted by Crippen LogP contribution is -2.01. The minimum absolute atomic E-state index is 0.0897. The smallest absolute Gasteiger partial charge is 0.354 e. The van der Waals surface area contributed by atoms with Crippen molar-refractivity contribution >= 4 is 5.97 Å². The number of rotatable bonds is 4. The Balaban J connectivity index is 2.29. The molecule has 98 valence electrons. The van der Waals surface area contributed by atoms with Crippen LogP contribution in [0.3, 0.4) is 0 Å². The van der Waals surface area contributed by atoms with Gasteiger partial charge in [-0.1, -0.05) is 17.7 Å². The number of nitrogens with zero attached hydrogens (tertiary/aromatic N) is 1. The Morgan fingerprint density at radius 1 is 1.21 bits per heavy atom. The zero-order valence-electron chi connectivity index (χ0n) is 10.6. The van der Waals surface area contributed by atoms with Crippen molar-refractivity contribution in [3.8, 4) is 17.2 Å². The fourth-order valence-corrected chi connectivity index (χ4v) is 1.51. The number of aromatic nitrogens is 1. The molecule has 0 spiro atoms. The van der Waals surface area contributed by atoms with Crippen LogP contribution in [0.25, 0.3) is 0 Å². The van der Waals surface area contributed by atoms with Gasteiger partial charge in [0.15, 0.2) is 17.2 Å². The van der Waals surface area contributed by atoms with Gasteiger partial charge >= 0.3 is 5.97 Å². The molecule has 0 bridgehead atoms. The first kappa shape index (κ1) is 12.9. The Kier molecular flexibility index (Phi) is 3.66. The van der Waals surface area contributed by atoms with Gasteiger partial charge in [-0.15, -0.1) is 0 Å². The predicted octanol–water partition coefficient (Wildman–Crippen LogP) is 2.89. The van der Waals surface area contributed by atoms with E-state index in [-0.39, 0.29) is 5.69 Å². The summed E-state index contributed by atoms with van der Waals surface area (Å²) in [6, 6.07) is 8.80. The third kappa shape index (κ3) is 3.01. The highest BCUT2D eigenvalue weighted by molar-refractivity contribution is 5.86. The van der Waals surface area contributed by atoms with Gasteiger partial charge < -0.3 is 14.6 Å². The first-order chi connectivity index (χ1) is 9.10. The Bertz CT molecular complexity index is 593. The van der Waals surface area contributed by atoms with E-state index in [0.717, 1.165) is 5.56 Å². The van der Waals surface area contributed by atoms with Crippen molar-refractivity contribution in [1.82, 2.24) is 4.98 Å². The second-order valence-electron chi connectivity index (χ2n) is 3.94. The number of carbonyl (C=O) groups is 1. The van der Waals surface area contributed by atoms with Gasteiger partial charge in [0.05, 0.1) is 13.3 Å². The fourth-order valence-electron chi connectivity index (χ4n) is 1.51. The number of aromatic carboxylic acids is 1. The summed E-state index contributed by atoms with van der Waals surface area (Å²) in [5.41, 5.74) is 1.03. The highest BCUT2D eigenvalue weighted by Gasteiger charge is 2.12. The first-order valence-corrected chi connectivity index (χ1v) is 5.62. The minimum atomic E-state index is -1.11. The van der Waals surface area contributed by atoms with E-state index < -0.39 is 5.97 Å². The summed E-state index contributed by atoms with van der Waals surface area (Å²) in [7, 11) is 1.45. The normalized spacial score (nSPS) is 10.0. The molecule has 1 heterocycles. The van der Waals surface area contributed by atoms with E-state index in [4.69, 9.17) is 14.6 Å². The first-order valence-electron chi connectivity index (χ1n) is 5.62. The summed E-state index contributed by atoms with van der Waals surface area (Å²) < 4.78 is 10.7. The van der Waals surface area contributed by atoms with Crippen LogP contribution in [0, 0.1) is 6.92 Å². The Morgan fingerprint density at radius 3 is 2.47 bits per heavy atom. The molecule has 5 nitrogen and oxygen atoms in total. The van der Waals surface area contributed by atoms with Crippen LogP contribution in [-0.4, -0.2) is 23.2 Å². The number of benzene rings is 1. The second-order valence-corrected chi connectivity index (χ2v) is 3.94. The van der Waals surface area contributed by atoms with Gasteiger partial charge in [-0.3, -0.25) is 0 Å². The highest BCUT2D eigenvalue weighted by atomic mass is 16.5. The third-order valence-electron chi connectivity index (χ3n) is 2.52. The maximum absolute atomic E-state index is 10.8. The molecule has 2 aromatic rings. The van der Waals surface area contributed by atoms with Crippen molar-refractivity contribution in [3.63, 3.8) is 0 Å². The molecule has 0 aliphatic heterocycles. The molecule has 0 unspecified atom stereocenters. The number of aryl methyl sites for hydroxylation is 1. The van der Waals surface area contributed by atoms with Gasteiger partial charge in [-0.05, 0) is 19.1 Å². The Morgan fingerprint density at radius 2 is 1.89 bits per heavy atom. The third-order valence-corrected chi connectivity index (χ3v) is 2.52. The topological polar surface area (TPSA) is 68.7 Å². The highest BCUT2D eigenvalue weighted by Crippen LogP contribution is 2.31. The number of carboxylic acids is 1. The molecule has 1 aromatic carbocycles. The average molecular weight is 259 g/mol. The molecule has 0 saturated heterocycles. The van der Waals surface area contributed by atoms with Gasteiger partial charge in [0.25, 0.3) is 0 Å². The summed E-state index contributed by atoms with van der Waals surface area (Å²) >= 11 is 0. The van der Waals surface area contributed by atoms with E-state index in [1.807, 2.05) is 31.2 Å². The van der Waals surface area contributed by atoms with Gasteiger partial charge in [-0.25, -0.2) is 9.78 Å². The summed E-state index contributed by atoms with van der Waals surface area (Å²) in [4.78, 5) is 14.6. The summed E-state index contributed by atoms with van der Waals surface area (Å²) in [5.74, 6) is 0.221. The maximum atomic E-state index is 10.8. The minimum Gasteiger partial charge on any atom is -0.493 e. The largest absolute Gasteiger partial charge is 0.493 e. The molecule has 0 radical (unpaired) electrons. The van der Waals surface area contributed by atoms with Crippen LogP contribution in [0.4, 0.5) is 0 Å². The van der Waals surface area contributed by atoms with E-state index in [9.17, 15) is 4.79 Å². The predicted molar refractivity (Wildman–Crippen MR) is 69.0 cm³/mol. The summed E-state index contributed by atoms with van der Waals surface area (Å²) in [5, 5.41) is 8.86. The Labute approximate surface area is 110 Å². The van der Waals surface area contributed by atoms with E-state index >= 15 is 0 Å². The molecule has 19 heavy (non-hydrogen) atoms. The van der Waals surface area contributed by atoms with Crippen molar-refractivity contribution in [3.05, 3.63) is 47.8 Å². The quantitative estimate of drug-likeness (QED) is 0.914. The average Bonchev–Trinajstić information content (AvgIpc) is 2.41. The summed E-state index contributed by atoms with van der Waals surface area (Å²) in [6.45, 7) is 1.98. The van der Waals surface area contributed by atoms with E-state index in [1.165, 1.54) is 19.4 Å². The number of pyridine rings is 1. The number of carboxylic acid groups (broad SMARTS) is 1. The van der Waals surface area contributed by atoms with Crippen molar-refractivity contribution < 1.29 is 19.4 Å². The lowest BCUT2D eigenvalue weighted by molar-refractivity contribution is 0.0690. The van der Waals surface area contributed by atoms with Crippen molar-refractivity contribution in [2.45, 2.75) is 6.92 Å². The van der Waals surface area contributed by atoms with Crippen LogP contribution >= 0.6 is 0 Å². The van der Waals surface area contributed by atoms with E-state index in [2.05, 4.69) is 4.98 Å². The zero-order chi connectivity index (χ0) is 13.8.